The van der Waals surface area contributed by atoms with Crippen LogP contribution in [-0.2, 0) is 12.6 Å². The lowest BCUT2D eigenvalue weighted by Gasteiger charge is -2.06. The van der Waals surface area contributed by atoms with Crippen LogP contribution >= 0.6 is 0 Å². The molecule has 0 aliphatic carbocycles. The van der Waals surface area contributed by atoms with Gasteiger partial charge in [0.1, 0.15) is 11.6 Å². The second-order valence-electron chi connectivity index (χ2n) is 5.13. The summed E-state index contributed by atoms with van der Waals surface area (Å²) in [4.78, 5) is 0. The topological polar surface area (TPSA) is 13.1 Å². The number of benzene rings is 2. The minimum Gasteiger partial charge on any atom is -0.451 e. The van der Waals surface area contributed by atoms with Crippen molar-refractivity contribution in [2.24, 2.45) is 0 Å². The zero-order valence-corrected chi connectivity index (χ0v) is 11.9. The first kappa shape index (κ1) is 15.3. The molecule has 0 N–H and O–H groups in total. The van der Waals surface area contributed by atoms with Crippen LogP contribution < -0.4 is 0 Å². The van der Waals surface area contributed by atoms with Gasteiger partial charge < -0.3 is 4.42 Å². The van der Waals surface area contributed by atoms with Gasteiger partial charge in [-0.3, -0.25) is 0 Å². The van der Waals surface area contributed by atoms with Gasteiger partial charge in [0, 0.05) is 17.5 Å². The maximum atomic E-state index is 13.2. The summed E-state index contributed by atoms with van der Waals surface area (Å²) < 4.78 is 57.6. The van der Waals surface area contributed by atoms with E-state index < -0.39 is 17.8 Å². The Hall–Kier alpha value is -2.56. The van der Waals surface area contributed by atoms with Crippen LogP contribution in [0.1, 0.15) is 16.9 Å². The smallest absolute Gasteiger partial charge is 0.449 e. The Bertz CT molecular complexity index is 786. The fourth-order valence-electron chi connectivity index (χ4n) is 2.37. The Morgan fingerprint density at radius 1 is 0.870 bits per heavy atom. The molecule has 0 saturated carbocycles. The highest BCUT2D eigenvalue weighted by Gasteiger charge is 2.38. The van der Waals surface area contributed by atoms with Gasteiger partial charge in [-0.2, -0.15) is 13.2 Å². The first-order chi connectivity index (χ1) is 10.9. The number of furan rings is 1. The van der Waals surface area contributed by atoms with E-state index in [0.717, 1.165) is 0 Å². The van der Waals surface area contributed by atoms with Crippen LogP contribution in [0.25, 0.3) is 11.3 Å². The third kappa shape index (κ3) is 3.44. The number of rotatable bonds is 3. The molecule has 5 heteroatoms. The summed E-state index contributed by atoms with van der Waals surface area (Å²) in [7, 11) is 0. The van der Waals surface area contributed by atoms with Gasteiger partial charge in [-0.15, -0.1) is 0 Å². The van der Waals surface area contributed by atoms with Crippen molar-refractivity contribution >= 4 is 0 Å². The number of halogens is 4. The number of alkyl halides is 3. The van der Waals surface area contributed by atoms with E-state index in [1.165, 1.54) is 30.3 Å². The molecule has 1 nitrogen and oxygen atoms in total. The largest absolute Gasteiger partial charge is 0.451 e. The summed E-state index contributed by atoms with van der Waals surface area (Å²) in [5.74, 6) is -1.28. The van der Waals surface area contributed by atoms with Crippen molar-refractivity contribution in [1.29, 1.82) is 0 Å². The Kier molecular flexibility index (Phi) is 3.94. The van der Waals surface area contributed by atoms with Crippen molar-refractivity contribution in [2.75, 3.05) is 0 Å². The zero-order chi connectivity index (χ0) is 16.4. The Morgan fingerprint density at radius 3 is 2.13 bits per heavy atom. The highest BCUT2D eigenvalue weighted by molar-refractivity contribution is 5.59. The van der Waals surface area contributed by atoms with E-state index in [1.807, 2.05) is 0 Å². The van der Waals surface area contributed by atoms with Gasteiger partial charge in [-0.1, -0.05) is 42.5 Å². The Labute approximate surface area is 130 Å². The molecule has 2 aromatic carbocycles. The maximum absolute atomic E-state index is 13.2. The standard InChI is InChI=1S/C18H12F4O/c19-15-8-6-12(7-9-15)10-14-11-16(13-4-2-1-3-5-13)23-17(14)18(20,21)22/h1-9,11H,10H2. The molecule has 0 radical (unpaired) electrons. The molecule has 0 spiro atoms. The van der Waals surface area contributed by atoms with Crippen molar-refractivity contribution in [3.8, 4) is 11.3 Å². The predicted octanol–water partition coefficient (Wildman–Crippen LogP) is 5.70. The molecule has 0 aliphatic heterocycles. The first-order valence-corrected chi connectivity index (χ1v) is 6.93. The van der Waals surface area contributed by atoms with Crippen molar-refractivity contribution in [2.45, 2.75) is 12.6 Å². The van der Waals surface area contributed by atoms with Crippen molar-refractivity contribution in [3.05, 3.63) is 83.4 Å². The van der Waals surface area contributed by atoms with Crippen molar-refractivity contribution in [3.63, 3.8) is 0 Å². The van der Waals surface area contributed by atoms with Crippen molar-refractivity contribution in [1.82, 2.24) is 0 Å². The van der Waals surface area contributed by atoms with Crippen molar-refractivity contribution < 1.29 is 22.0 Å². The SMILES string of the molecule is Fc1ccc(Cc2cc(-c3ccccc3)oc2C(F)(F)F)cc1. The molecule has 1 heterocycles. The predicted molar refractivity (Wildman–Crippen MR) is 78.4 cm³/mol. The molecule has 0 amide bonds. The summed E-state index contributed by atoms with van der Waals surface area (Å²) in [5, 5.41) is 0. The van der Waals surface area contributed by atoms with Crippen LogP contribution in [0, 0.1) is 5.82 Å². The third-order valence-corrected chi connectivity index (χ3v) is 3.43. The monoisotopic (exact) mass is 320 g/mol. The maximum Gasteiger partial charge on any atom is 0.449 e. The van der Waals surface area contributed by atoms with E-state index in [1.54, 1.807) is 30.3 Å². The fourth-order valence-corrected chi connectivity index (χ4v) is 2.37. The molecule has 0 saturated heterocycles. The minimum absolute atomic E-state index is 0.0193. The van der Waals surface area contributed by atoms with Gasteiger partial charge >= 0.3 is 6.18 Å². The van der Waals surface area contributed by atoms with Crippen LogP contribution in [-0.4, -0.2) is 0 Å². The highest BCUT2D eigenvalue weighted by atomic mass is 19.4. The summed E-state index contributed by atoms with van der Waals surface area (Å²) in [5.41, 5.74) is 1.18. The molecule has 1 aromatic heterocycles. The second-order valence-corrected chi connectivity index (χ2v) is 5.13. The molecular weight excluding hydrogens is 308 g/mol. The molecule has 0 unspecified atom stereocenters. The lowest BCUT2D eigenvalue weighted by molar-refractivity contribution is -0.153. The van der Waals surface area contributed by atoms with E-state index in [9.17, 15) is 17.6 Å². The van der Waals surface area contributed by atoms with Gasteiger partial charge in [0.05, 0.1) is 0 Å². The molecule has 23 heavy (non-hydrogen) atoms. The van der Waals surface area contributed by atoms with Gasteiger partial charge in [-0.25, -0.2) is 4.39 Å². The molecule has 0 bridgehead atoms. The first-order valence-electron chi connectivity index (χ1n) is 6.93. The minimum atomic E-state index is -4.58. The second kappa shape index (κ2) is 5.91. The summed E-state index contributed by atoms with van der Waals surface area (Å²) in [6.45, 7) is 0. The van der Waals surface area contributed by atoms with E-state index in [4.69, 9.17) is 4.42 Å². The lowest BCUT2D eigenvalue weighted by atomic mass is 10.0. The summed E-state index contributed by atoms with van der Waals surface area (Å²) in [6.07, 6.45) is -4.56. The van der Waals surface area contributed by atoms with Gasteiger partial charge in [0.25, 0.3) is 0 Å². The molecule has 3 rings (SSSR count). The Balaban J connectivity index is 2.01. The molecule has 0 atom stereocenters. The van der Waals surface area contributed by atoms with E-state index in [2.05, 4.69) is 0 Å². The fraction of sp³-hybridized carbons (Fsp3) is 0.111. The lowest BCUT2D eigenvalue weighted by Crippen LogP contribution is -2.06. The molecule has 118 valence electrons. The van der Waals surface area contributed by atoms with Crippen LogP contribution in [0.3, 0.4) is 0 Å². The summed E-state index contributed by atoms with van der Waals surface area (Å²) in [6, 6.07) is 15.4. The average molecular weight is 320 g/mol. The van der Waals surface area contributed by atoms with E-state index in [-0.39, 0.29) is 17.7 Å². The van der Waals surface area contributed by atoms with Gasteiger partial charge in [0.2, 0.25) is 5.76 Å². The Morgan fingerprint density at radius 2 is 1.52 bits per heavy atom. The highest BCUT2D eigenvalue weighted by Crippen LogP contribution is 2.38. The molecule has 3 aromatic rings. The normalized spacial score (nSPS) is 11.7. The molecule has 0 aliphatic rings. The van der Waals surface area contributed by atoms with Crippen LogP contribution in [0.4, 0.5) is 17.6 Å². The van der Waals surface area contributed by atoms with Crippen LogP contribution in [0.2, 0.25) is 0 Å². The summed E-state index contributed by atoms with van der Waals surface area (Å²) >= 11 is 0. The van der Waals surface area contributed by atoms with E-state index >= 15 is 0 Å². The third-order valence-electron chi connectivity index (χ3n) is 3.43. The van der Waals surface area contributed by atoms with E-state index in [0.29, 0.717) is 11.1 Å². The van der Waals surface area contributed by atoms with Crippen LogP contribution in [0.5, 0.6) is 0 Å². The number of hydrogen-bond acceptors (Lipinski definition) is 1. The molecular formula is C18H12F4O. The van der Waals surface area contributed by atoms with Gasteiger partial charge in [-0.05, 0) is 23.8 Å². The average Bonchev–Trinajstić information content (AvgIpc) is 2.95. The number of hydrogen-bond donors (Lipinski definition) is 0. The van der Waals surface area contributed by atoms with Gasteiger partial charge in [0.15, 0.2) is 0 Å². The zero-order valence-electron chi connectivity index (χ0n) is 11.9. The quantitative estimate of drug-likeness (QED) is 0.565. The van der Waals surface area contributed by atoms with Crippen LogP contribution in [0.15, 0.2) is 65.1 Å². The molecule has 0 fully saturated rings.